The third-order valence-corrected chi connectivity index (χ3v) is 11.5. The van der Waals surface area contributed by atoms with Gasteiger partial charge in [-0.2, -0.15) is 5.26 Å². The van der Waals surface area contributed by atoms with E-state index in [1.807, 2.05) is 61.3 Å². The molecule has 3 aromatic carbocycles. The molecule has 0 saturated carbocycles. The summed E-state index contributed by atoms with van der Waals surface area (Å²) in [6.45, 7) is 5.43. The Morgan fingerprint density at radius 1 is 1.11 bits per heavy atom. The lowest BCUT2D eigenvalue weighted by Crippen LogP contribution is -2.37. The normalized spacial score (nSPS) is 16.9. The first kappa shape index (κ1) is 33.8. The van der Waals surface area contributed by atoms with E-state index >= 15 is 0 Å². The maximum absolute atomic E-state index is 14.2. The lowest BCUT2D eigenvalue weighted by Gasteiger charge is -2.34. The van der Waals surface area contributed by atoms with Crippen molar-refractivity contribution in [2.45, 2.75) is 75.0 Å². The summed E-state index contributed by atoms with van der Waals surface area (Å²) in [4.78, 5) is 19.6. The average Bonchev–Trinajstić information content (AvgIpc) is 3.06. The lowest BCUT2D eigenvalue weighted by molar-refractivity contribution is 0.0779. The molecule has 2 aliphatic rings. The molecule has 5 nitrogen and oxygen atoms in total. The van der Waals surface area contributed by atoms with E-state index in [-0.39, 0.29) is 11.8 Å². The van der Waals surface area contributed by atoms with Crippen LogP contribution in [0.3, 0.4) is 0 Å². The molecular formula is C37H43Cl2N3O2S. The number of likely N-dealkylation sites (N-methyl/N-ethyl adjacent to an activating group) is 1. The Kier molecular flexibility index (Phi) is 11.6. The molecule has 1 amide bonds. The number of carbonyl (C=O) groups is 1. The Hall–Kier alpha value is -2.53. The summed E-state index contributed by atoms with van der Waals surface area (Å²) < 4.78 is 12.3. The fraction of sp³-hybridized carbons (Fsp3) is 0.459. The van der Waals surface area contributed by atoms with Crippen LogP contribution in [0.15, 0.2) is 53.4 Å². The number of halogens is 2. The van der Waals surface area contributed by atoms with E-state index in [2.05, 4.69) is 17.0 Å². The molecular weight excluding hydrogens is 621 g/mol. The van der Waals surface area contributed by atoms with Crippen molar-refractivity contribution in [3.05, 3.63) is 97.5 Å². The van der Waals surface area contributed by atoms with Gasteiger partial charge < -0.3 is 14.4 Å². The van der Waals surface area contributed by atoms with Crippen LogP contribution < -0.4 is 0 Å². The Morgan fingerprint density at radius 2 is 1.84 bits per heavy atom. The van der Waals surface area contributed by atoms with Gasteiger partial charge in [0.15, 0.2) is 4.90 Å². The minimum absolute atomic E-state index is 0.0000448. The Balaban J connectivity index is 1.33. The summed E-state index contributed by atoms with van der Waals surface area (Å²) in [6.07, 6.45) is 9.30. The summed E-state index contributed by atoms with van der Waals surface area (Å²) >= 11 is 11.8. The van der Waals surface area contributed by atoms with Gasteiger partial charge in [0.1, 0.15) is 6.26 Å². The molecule has 0 radical (unpaired) electrons. The topological polar surface area (TPSA) is 70.4 Å². The van der Waals surface area contributed by atoms with E-state index in [4.69, 9.17) is 23.2 Å². The highest BCUT2D eigenvalue weighted by Crippen LogP contribution is 2.35. The predicted molar refractivity (Wildman–Crippen MR) is 185 cm³/mol. The molecule has 8 heteroatoms. The molecule has 0 N–H and O–H groups in total. The molecule has 3 aromatic rings. The van der Waals surface area contributed by atoms with Crippen molar-refractivity contribution in [3.63, 3.8) is 0 Å². The Labute approximate surface area is 281 Å². The van der Waals surface area contributed by atoms with Gasteiger partial charge in [-0.05, 0) is 135 Å². The number of nitriles is 1. The van der Waals surface area contributed by atoms with Crippen LogP contribution in [0, 0.1) is 11.3 Å². The van der Waals surface area contributed by atoms with Gasteiger partial charge >= 0.3 is 0 Å². The number of nitrogens with zero attached hydrogens (tertiary/aromatic N) is 3. The van der Waals surface area contributed by atoms with Gasteiger partial charge in [0.05, 0.1) is 21.7 Å². The molecule has 1 saturated heterocycles. The van der Waals surface area contributed by atoms with Crippen LogP contribution in [0.5, 0.6) is 0 Å². The first-order valence-electron chi connectivity index (χ1n) is 16.1. The largest absolute Gasteiger partial charge is 0.612 e. The van der Waals surface area contributed by atoms with Crippen LogP contribution in [0.1, 0.15) is 94.6 Å². The number of carbonyl (C=O) groups excluding carboxylic acids is 1. The van der Waals surface area contributed by atoms with Crippen LogP contribution in [-0.4, -0.2) is 59.7 Å². The van der Waals surface area contributed by atoms with Gasteiger partial charge in [-0.3, -0.25) is 4.79 Å². The van der Waals surface area contributed by atoms with Crippen molar-refractivity contribution in [1.29, 1.82) is 5.26 Å². The number of benzene rings is 3. The molecule has 1 aliphatic heterocycles. The maximum Gasteiger partial charge on any atom is 0.254 e. The van der Waals surface area contributed by atoms with Crippen LogP contribution in [0.25, 0.3) is 0 Å². The second-order valence-corrected chi connectivity index (χ2v) is 14.7. The minimum Gasteiger partial charge on any atom is -0.612 e. The fourth-order valence-electron chi connectivity index (χ4n) is 7.30. The zero-order valence-corrected chi connectivity index (χ0v) is 28.9. The van der Waals surface area contributed by atoms with E-state index in [9.17, 15) is 14.6 Å². The van der Waals surface area contributed by atoms with Crippen LogP contribution in [0.2, 0.25) is 10.0 Å². The molecule has 45 heavy (non-hydrogen) atoms. The molecule has 0 bridgehead atoms. The van der Waals surface area contributed by atoms with Gasteiger partial charge in [-0.1, -0.05) is 54.4 Å². The highest BCUT2D eigenvalue weighted by Gasteiger charge is 2.29. The van der Waals surface area contributed by atoms with Crippen LogP contribution in [0.4, 0.5) is 0 Å². The monoisotopic (exact) mass is 663 g/mol. The van der Waals surface area contributed by atoms with E-state index in [1.54, 1.807) is 6.26 Å². The van der Waals surface area contributed by atoms with E-state index in [0.717, 1.165) is 97.3 Å². The Morgan fingerprint density at radius 3 is 2.53 bits per heavy atom. The average molecular weight is 665 g/mol. The van der Waals surface area contributed by atoms with Crippen molar-refractivity contribution < 1.29 is 9.35 Å². The number of piperidine rings is 1. The van der Waals surface area contributed by atoms with E-state index < -0.39 is 11.2 Å². The molecule has 1 aliphatic carbocycles. The van der Waals surface area contributed by atoms with Gasteiger partial charge in [-0.15, -0.1) is 0 Å². The van der Waals surface area contributed by atoms with Gasteiger partial charge in [0.25, 0.3) is 5.91 Å². The standard InChI is InChI=1S/C37H43Cl2N3O2S/c1-4-30-29(23-40)21-27-9-5-6-11-32(27)36(30)37(43)41(2)24-28(26-13-14-33(38)34(39)22-26)17-20-42-18-15-25(16-19-42)31-10-7-8-12-35(31)45(3)44/h7-8,10,12-14,21-22,25,28H,4-6,9,11,15-20,24H2,1-3H3/t28-,45?/m1/s1. The molecule has 0 spiro atoms. The van der Waals surface area contributed by atoms with E-state index in [0.29, 0.717) is 34.5 Å². The lowest BCUT2D eigenvalue weighted by atomic mass is 9.82. The predicted octanol–water partition coefficient (Wildman–Crippen LogP) is 8.17. The fourth-order valence-corrected chi connectivity index (χ4v) is 8.44. The van der Waals surface area contributed by atoms with Gasteiger partial charge in [-0.25, -0.2) is 0 Å². The summed E-state index contributed by atoms with van der Waals surface area (Å²) in [5, 5.41) is 11.0. The highest BCUT2D eigenvalue weighted by molar-refractivity contribution is 7.90. The summed E-state index contributed by atoms with van der Waals surface area (Å²) in [5.41, 5.74) is 6.84. The van der Waals surface area contributed by atoms with Gasteiger partial charge in [0.2, 0.25) is 0 Å². The van der Waals surface area contributed by atoms with Crippen LogP contribution in [-0.2, 0) is 30.4 Å². The zero-order valence-electron chi connectivity index (χ0n) is 26.6. The van der Waals surface area contributed by atoms with Crippen LogP contribution >= 0.6 is 23.2 Å². The molecule has 238 valence electrons. The quantitative estimate of drug-likeness (QED) is 0.205. The number of amides is 1. The number of hydrogen-bond donors (Lipinski definition) is 0. The van der Waals surface area contributed by atoms with Crippen molar-refractivity contribution in [1.82, 2.24) is 9.80 Å². The van der Waals surface area contributed by atoms with Crippen molar-refractivity contribution >= 4 is 40.3 Å². The van der Waals surface area contributed by atoms with Crippen molar-refractivity contribution in [2.24, 2.45) is 0 Å². The first-order chi connectivity index (χ1) is 21.7. The molecule has 1 fully saturated rings. The zero-order chi connectivity index (χ0) is 32.1. The summed E-state index contributed by atoms with van der Waals surface area (Å²) in [7, 11) is 1.89. The first-order valence-corrected chi connectivity index (χ1v) is 18.5. The summed E-state index contributed by atoms with van der Waals surface area (Å²) in [6, 6.07) is 18.4. The maximum atomic E-state index is 14.2. The second-order valence-electron chi connectivity index (χ2n) is 12.5. The highest BCUT2D eigenvalue weighted by atomic mass is 35.5. The van der Waals surface area contributed by atoms with Gasteiger partial charge in [0, 0.05) is 30.6 Å². The minimum atomic E-state index is -0.996. The number of likely N-dealkylation sites (tertiary alicyclic amines) is 1. The Bertz CT molecular complexity index is 1560. The third kappa shape index (κ3) is 7.72. The number of fused-ring (bicyclic) bond motifs is 1. The molecule has 2 atom stereocenters. The molecule has 1 unspecified atom stereocenters. The number of hydrogen-bond acceptors (Lipinski definition) is 4. The van der Waals surface area contributed by atoms with E-state index in [1.165, 1.54) is 5.56 Å². The molecule has 1 heterocycles. The SMILES string of the molecule is CCc1c(C#N)cc2c(c1C(=O)N(C)C[C@@H](CCN1CCC(c3ccccc3[S+](C)[O-])CC1)c1ccc(Cl)c(Cl)c1)CCCC2. The second kappa shape index (κ2) is 15.4. The third-order valence-electron chi connectivity index (χ3n) is 9.75. The van der Waals surface area contributed by atoms with Crippen molar-refractivity contribution in [2.75, 3.05) is 39.5 Å². The van der Waals surface area contributed by atoms with Crippen molar-refractivity contribution in [3.8, 4) is 6.07 Å². The molecule has 0 aromatic heterocycles. The molecule has 5 rings (SSSR count). The smallest absolute Gasteiger partial charge is 0.254 e. The number of aryl methyl sites for hydroxylation is 1. The summed E-state index contributed by atoms with van der Waals surface area (Å²) in [5.74, 6) is 0.480. The number of rotatable bonds is 10.